The largest absolute Gasteiger partial charge is 0.548 e. The fourth-order valence-corrected chi connectivity index (χ4v) is 4.17. The number of aliphatic carboxylic acids is 1. The number of hydrogen-bond donors (Lipinski definition) is 1. The lowest BCUT2D eigenvalue weighted by atomic mass is 10.0. The number of carboxylic acid groups (broad SMARTS) is 1. The molecule has 1 atom stereocenters. The molecule has 2 aromatic rings. The highest BCUT2D eigenvalue weighted by molar-refractivity contribution is 7.73. The highest BCUT2D eigenvalue weighted by Gasteiger charge is 2.22. The van der Waals surface area contributed by atoms with Crippen LogP contribution in [0.25, 0.3) is 11.6 Å². The van der Waals surface area contributed by atoms with E-state index < -0.39 is 12.0 Å². The first-order valence-electron chi connectivity index (χ1n) is 7.88. The molecule has 0 aliphatic carbocycles. The molecule has 0 radical (unpaired) electrons. The molecule has 1 aromatic heterocycles. The van der Waals surface area contributed by atoms with Crippen molar-refractivity contribution in [2.75, 3.05) is 0 Å². The van der Waals surface area contributed by atoms with Crippen molar-refractivity contribution in [3.8, 4) is 5.88 Å². The minimum absolute atomic E-state index is 0.125. The van der Waals surface area contributed by atoms with Crippen LogP contribution in [0, 0.1) is 9.87 Å². The smallest absolute Gasteiger partial charge is 0.211 e. The number of benzene rings is 1. The van der Waals surface area contributed by atoms with Crippen molar-refractivity contribution in [2.24, 2.45) is 10.9 Å². The minimum atomic E-state index is -1.25. The molecule has 0 spiro atoms. The van der Waals surface area contributed by atoms with Crippen LogP contribution in [0.15, 0.2) is 29.3 Å². The molecule has 2 heterocycles. The molecular weight excluding hydrogens is 356 g/mol. The summed E-state index contributed by atoms with van der Waals surface area (Å²) in [6.07, 6.45) is 3.84. The average molecular weight is 373 g/mol. The lowest BCUT2D eigenvalue weighted by Crippen LogP contribution is -2.34. The third-order valence-corrected chi connectivity index (χ3v) is 5.30. The van der Waals surface area contributed by atoms with Crippen LogP contribution >= 0.6 is 23.6 Å². The van der Waals surface area contributed by atoms with E-state index in [1.54, 1.807) is 12.3 Å². The van der Waals surface area contributed by atoms with E-state index in [0.29, 0.717) is 15.3 Å². The zero-order valence-electron chi connectivity index (χ0n) is 13.8. The fraction of sp³-hybridized carbons (Fsp3) is 0.278. The molecule has 7 heteroatoms. The van der Waals surface area contributed by atoms with E-state index in [0.717, 1.165) is 16.8 Å². The van der Waals surface area contributed by atoms with Gasteiger partial charge in [-0.25, -0.2) is 0 Å². The predicted molar refractivity (Wildman–Crippen MR) is 101 cm³/mol. The Kier molecular flexibility index (Phi) is 4.87. The van der Waals surface area contributed by atoms with E-state index in [2.05, 4.69) is 4.99 Å². The van der Waals surface area contributed by atoms with E-state index in [1.807, 2.05) is 38.1 Å². The van der Waals surface area contributed by atoms with Crippen LogP contribution in [0.5, 0.6) is 5.88 Å². The van der Waals surface area contributed by atoms with Gasteiger partial charge in [0, 0.05) is 17.4 Å². The summed E-state index contributed by atoms with van der Waals surface area (Å²) in [5, 5.41) is 22.1. The number of thiazole rings is 1. The monoisotopic (exact) mass is 373 g/mol. The molecule has 1 aliphatic rings. The van der Waals surface area contributed by atoms with Crippen LogP contribution in [0.3, 0.4) is 0 Å². The molecule has 1 N–H and O–H groups in total. The highest BCUT2D eigenvalue weighted by atomic mass is 32.1. The molecule has 1 aromatic carbocycles. The maximum Gasteiger partial charge on any atom is 0.211 e. The summed E-state index contributed by atoms with van der Waals surface area (Å²) in [6.45, 7) is 3.83. The molecule has 1 unspecified atom stereocenters. The Morgan fingerprint density at radius 1 is 1.44 bits per heavy atom. The van der Waals surface area contributed by atoms with Crippen LogP contribution in [0.1, 0.15) is 36.8 Å². The summed E-state index contributed by atoms with van der Waals surface area (Å²) in [7, 11) is 0. The zero-order chi connectivity index (χ0) is 18.1. The first-order valence-corrected chi connectivity index (χ1v) is 9.11. The van der Waals surface area contributed by atoms with Gasteiger partial charge in [-0.1, -0.05) is 32.0 Å². The van der Waals surface area contributed by atoms with E-state index in [1.165, 1.54) is 15.9 Å². The van der Waals surface area contributed by atoms with Crippen molar-refractivity contribution in [3.05, 3.63) is 38.7 Å². The second-order valence-electron chi connectivity index (χ2n) is 6.27. The van der Waals surface area contributed by atoms with Gasteiger partial charge in [0.25, 0.3) is 0 Å². The van der Waals surface area contributed by atoms with Gasteiger partial charge >= 0.3 is 0 Å². The van der Waals surface area contributed by atoms with E-state index in [-0.39, 0.29) is 11.8 Å². The number of fused-ring (bicyclic) bond motifs is 1. The first kappa shape index (κ1) is 17.6. The van der Waals surface area contributed by atoms with Crippen LogP contribution < -0.4 is 5.11 Å². The Morgan fingerprint density at radius 2 is 2.16 bits per heavy atom. The highest BCUT2D eigenvalue weighted by Crippen LogP contribution is 2.37. The number of aliphatic imine (C=N–C) groups is 1. The number of aromatic nitrogens is 1. The molecule has 130 valence electrons. The van der Waals surface area contributed by atoms with Gasteiger partial charge in [0.2, 0.25) is 5.88 Å². The molecule has 0 amide bonds. The Balaban J connectivity index is 2.04. The van der Waals surface area contributed by atoms with Crippen molar-refractivity contribution >= 4 is 53.1 Å². The summed E-state index contributed by atoms with van der Waals surface area (Å²) in [5.41, 5.74) is 2.68. The predicted octanol–water partition coefficient (Wildman–Crippen LogP) is 3.58. The number of carboxylic acids is 1. The maximum absolute atomic E-state index is 11.5. The second-order valence-corrected chi connectivity index (χ2v) is 7.94. The Labute approximate surface area is 154 Å². The maximum atomic E-state index is 11.5. The molecular formula is C18H17N2O3S2-. The Bertz CT molecular complexity index is 938. The number of para-hydroxylation sites is 1. The van der Waals surface area contributed by atoms with Gasteiger partial charge in [-0.2, -0.15) is 0 Å². The van der Waals surface area contributed by atoms with Crippen LogP contribution in [-0.4, -0.2) is 21.9 Å². The summed E-state index contributed by atoms with van der Waals surface area (Å²) >= 11 is 6.47. The standard InChI is InChI=1S/C18H18N2O3S2/c1-10(2)7-14(17(22)23)20-16(21)15(25-18(20)24)8-11-9-19-13-6-4-3-5-12(11)13/h3-6,8-10,14,21H,7H2,1-2H3,(H,22,23)/p-1. The van der Waals surface area contributed by atoms with Crippen LogP contribution in [0.2, 0.25) is 0 Å². The number of carbonyl (C=O) groups excluding carboxylic acids is 1. The van der Waals surface area contributed by atoms with Crippen molar-refractivity contribution in [2.45, 2.75) is 26.3 Å². The molecule has 0 bridgehead atoms. The molecule has 25 heavy (non-hydrogen) atoms. The molecule has 5 nitrogen and oxygen atoms in total. The van der Waals surface area contributed by atoms with Crippen molar-refractivity contribution in [1.29, 1.82) is 0 Å². The van der Waals surface area contributed by atoms with Gasteiger partial charge < -0.3 is 15.0 Å². The van der Waals surface area contributed by atoms with Gasteiger partial charge in [-0.05, 0) is 36.7 Å². The first-order chi connectivity index (χ1) is 11.9. The van der Waals surface area contributed by atoms with E-state index >= 15 is 0 Å². The van der Waals surface area contributed by atoms with Gasteiger partial charge in [-0.15, -0.1) is 11.3 Å². The summed E-state index contributed by atoms with van der Waals surface area (Å²) in [4.78, 5) is 16.4. The van der Waals surface area contributed by atoms with Crippen molar-refractivity contribution < 1.29 is 15.0 Å². The van der Waals surface area contributed by atoms with Gasteiger partial charge in [0.15, 0.2) is 3.95 Å². The third-order valence-electron chi connectivity index (χ3n) is 3.97. The van der Waals surface area contributed by atoms with E-state index in [9.17, 15) is 15.0 Å². The van der Waals surface area contributed by atoms with Crippen LogP contribution in [-0.2, 0) is 4.79 Å². The molecule has 0 saturated heterocycles. The Hall–Kier alpha value is -2.25. The summed E-state index contributed by atoms with van der Waals surface area (Å²) in [5.74, 6) is -1.26. The zero-order valence-corrected chi connectivity index (χ0v) is 15.4. The van der Waals surface area contributed by atoms with Crippen LogP contribution in [0.4, 0.5) is 5.69 Å². The van der Waals surface area contributed by atoms with Gasteiger partial charge in [0.1, 0.15) is 0 Å². The summed E-state index contributed by atoms with van der Waals surface area (Å²) in [6, 6.07) is 6.70. The number of nitrogens with zero attached hydrogens (tertiary/aromatic N) is 2. The average Bonchev–Trinajstić information content (AvgIpc) is 3.07. The number of rotatable bonds is 5. The Morgan fingerprint density at radius 3 is 2.84 bits per heavy atom. The minimum Gasteiger partial charge on any atom is -0.548 e. The van der Waals surface area contributed by atoms with Crippen molar-refractivity contribution in [3.63, 3.8) is 0 Å². The SMILES string of the molecule is CC(C)CC(C(=O)[O-])n1c(O)c(C=C2C=Nc3ccccc32)sc1=S. The topological polar surface area (TPSA) is 77.6 Å². The lowest BCUT2D eigenvalue weighted by Gasteiger charge is -2.22. The molecule has 1 aliphatic heterocycles. The molecule has 3 rings (SSSR count). The second kappa shape index (κ2) is 6.93. The molecule has 0 saturated carbocycles. The quantitative estimate of drug-likeness (QED) is 0.813. The lowest BCUT2D eigenvalue weighted by molar-refractivity contribution is -0.311. The fourth-order valence-electron chi connectivity index (χ4n) is 2.81. The van der Waals surface area contributed by atoms with Gasteiger partial charge in [0.05, 0.1) is 22.6 Å². The molecule has 0 fully saturated rings. The number of carbonyl (C=O) groups is 1. The summed E-state index contributed by atoms with van der Waals surface area (Å²) < 4.78 is 1.59. The van der Waals surface area contributed by atoms with E-state index in [4.69, 9.17) is 12.2 Å². The normalized spacial score (nSPS) is 15.7. The van der Waals surface area contributed by atoms with Crippen molar-refractivity contribution in [1.82, 2.24) is 4.57 Å². The van der Waals surface area contributed by atoms with Gasteiger partial charge in [-0.3, -0.25) is 9.56 Å². The number of aromatic hydroxyl groups is 1. The number of hydrogen-bond acceptors (Lipinski definition) is 6. The number of allylic oxidation sites excluding steroid dienone is 1. The third kappa shape index (κ3) is 3.43.